The van der Waals surface area contributed by atoms with E-state index in [2.05, 4.69) is 0 Å². The molecule has 1 aromatic carbocycles. The molecule has 4 heteroatoms. The number of ether oxygens (including phenoxy) is 1. The van der Waals surface area contributed by atoms with Crippen LogP contribution in [0.25, 0.3) is 0 Å². The van der Waals surface area contributed by atoms with Gasteiger partial charge in [0.2, 0.25) is 5.72 Å². The Morgan fingerprint density at radius 2 is 2.00 bits per heavy atom. The van der Waals surface area contributed by atoms with E-state index in [0.717, 1.165) is 0 Å². The lowest BCUT2D eigenvalue weighted by molar-refractivity contribution is -0.144. The van der Waals surface area contributed by atoms with Crippen molar-refractivity contribution in [2.45, 2.75) is 12.6 Å². The molecule has 0 heterocycles. The molecule has 76 valence electrons. The number of carbonyl (C=O) groups is 1. The highest BCUT2D eigenvalue weighted by Crippen LogP contribution is 2.18. The Morgan fingerprint density at radius 3 is 2.43 bits per heavy atom. The molecule has 0 radical (unpaired) electrons. The zero-order chi connectivity index (χ0) is 10.6. The van der Waals surface area contributed by atoms with Crippen LogP contribution in [0.3, 0.4) is 0 Å². The molecule has 4 nitrogen and oxygen atoms in total. The van der Waals surface area contributed by atoms with E-state index in [0.29, 0.717) is 12.2 Å². The summed E-state index contributed by atoms with van der Waals surface area (Å²) in [6, 6.07) is 8.80. The molecule has 0 fully saturated rings. The number of nitrogens with two attached hydrogens (primary N) is 2. The molecule has 1 aromatic rings. The predicted octanol–water partition coefficient (Wildman–Crippen LogP) is 0.320. The molecule has 1 unspecified atom stereocenters. The summed E-state index contributed by atoms with van der Waals surface area (Å²) in [7, 11) is 0. The Bertz CT molecular complexity index is 313. The van der Waals surface area contributed by atoms with Crippen LogP contribution in [0.1, 0.15) is 12.5 Å². The Hall–Kier alpha value is -1.39. The van der Waals surface area contributed by atoms with E-state index in [1.165, 1.54) is 0 Å². The average Bonchev–Trinajstić information content (AvgIpc) is 2.19. The van der Waals surface area contributed by atoms with Crippen LogP contribution in [0.2, 0.25) is 0 Å². The third-order valence-electron chi connectivity index (χ3n) is 1.94. The van der Waals surface area contributed by atoms with Crippen molar-refractivity contribution in [2.75, 3.05) is 6.61 Å². The van der Waals surface area contributed by atoms with Crippen molar-refractivity contribution in [2.24, 2.45) is 11.5 Å². The Morgan fingerprint density at radius 1 is 1.43 bits per heavy atom. The first-order valence-electron chi connectivity index (χ1n) is 4.39. The van der Waals surface area contributed by atoms with Crippen LogP contribution in [-0.4, -0.2) is 12.5 Å². The van der Waals surface area contributed by atoms with Crippen molar-refractivity contribution in [3.8, 4) is 0 Å². The van der Waals surface area contributed by atoms with Crippen LogP contribution in [0.15, 0.2) is 30.3 Å². The number of primary amides is 1. The molecule has 0 aliphatic carbocycles. The van der Waals surface area contributed by atoms with Crippen LogP contribution in [-0.2, 0) is 15.3 Å². The highest BCUT2D eigenvalue weighted by molar-refractivity contribution is 5.84. The maximum Gasteiger partial charge on any atom is 0.269 e. The van der Waals surface area contributed by atoms with Crippen LogP contribution < -0.4 is 11.5 Å². The first-order chi connectivity index (χ1) is 6.61. The van der Waals surface area contributed by atoms with Gasteiger partial charge in [-0.2, -0.15) is 0 Å². The summed E-state index contributed by atoms with van der Waals surface area (Å²) in [5, 5.41) is 0. The van der Waals surface area contributed by atoms with Crippen molar-refractivity contribution < 1.29 is 9.53 Å². The van der Waals surface area contributed by atoms with Crippen molar-refractivity contribution >= 4 is 5.91 Å². The van der Waals surface area contributed by atoms with E-state index >= 15 is 0 Å². The minimum absolute atomic E-state index is 0.328. The van der Waals surface area contributed by atoms with Gasteiger partial charge in [0.05, 0.1) is 0 Å². The lowest BCUT2D eigenvalue weighted by Crippen LogP contribution is -2.51. The van der Waals surface area contributed by atoms with Gasteiger partial charge in [-0.25, -0.2) is 0 Å². The molecule has 14 heavy (non-hydrogen) atoms. The molecule has 0 aromatic heterocycles. The van der Waals surface area contributed by atoms with E-state index in [4.69, 9.17) is 16.2 Å². The molecule has 0 saturated carbocycles. The average molecular weight is 194 g/mol. The third-order valence-corrected chi connectivity index (χ3v) is 1.94. The molecular formula is C10H14N2O2. The van der Waals surface area contributed by atoms with Gasteiger partial charge in [-0.3, -0.25) is 10.5 Å². The van der Waals surface area contributed by atoms with E-state index in [9.17, 15) is 4.79 Å². The summed E-state index contributed by atoms with van der Waals surface area (Å²) in [5.41, 5.74) is 10.0. The summed E-state index contributed by atoms with van der Waals surface area (Å²) in [5.74, 6) is -0.689. The van der Waals surface area contributed by atoms with Gasteiger partial charge in [0.25, 0.3) is 5.91 Å². The van der Waals surface area contributed by atoms with E-state index < -0.39 is 11.6 Å². The second-order valence-electron chi connectivity index (χ2n) is 2.90. The first kappa shape index (κ1) is 10.7. The maximum atomic E-state index is 11.2. The summed E-state index contributed by atoms with van der Waals surface area (Å²) in [4.78, 5) is 11.2. The lowest BCUT2D eigenvalue weighted by atomic mass is 10.0. The van der Waals surface area contributed by atoms with Crippen LogP contribution in [0, 0.1) is 0 Å². The van der Waals surface area contributed by atoms with Gasteiger partial charge < -0.3 is 10.5 Å². The Kier molecular flexibility index (Phi) is 3.22. The fourth-order valence-electron chi connectivity index (χ4n) is 1.21. The van der Waals surface area contributed by atoms with Crippen LogP contribution in [0.5, 0.6) is 0 Å². The normalized spacial score (nSPS) is 14.7. The molecule has 4 N–H and O–H groups in total. The SMILES string of the molecule is CCOC(N)(C(N)=O)c1ccccc1. The van der Waals surface area contributed by atoms with Gasteiger partial charge in [-0.15, -0.1) is 0 Å². The predicted molar refractivity (Wildman–Crippen MR) is 53.1 cm³/mol. The van der Waals surface area contributed by atoms with Gasteiger partial charge in [0.1, 0.15) is 0 Å². The Balaban J connectivity index is 3.06. The van der Waals surface area contributed by atoms with Crippen molar-refractivity contribution in [1.82, 2.24) is 0 Å². The number of carbonyl (C=O) groups excluding carboxylic acids is 1. The molecule has 0 saturated heterocycles. The van der Waals surface area contributed by atoms with Gasteiger partial charge >= 0.3 is 0 Å². The number of amides is 1. The fraction of sp³-hybridized carbons (Fsp3) is 0.300. The summed E-state index contributed by atoms with van der Waals surface area (Å²) in [6.07, 6.45) is 0. The quantitative estimate of drug-likeness (QED) is 0.677. The molecule has 0 aliphatic heterocycles. The Labute approximate surface area is 82.8 Å². The summed E-state index contributed by atoms with van der Waals surface area (Å²) < 4.78 is 5.18. The van der Waals surface area contributed by atoms with Crippen molar-refractivity contribution in [1.29, 1.82) is 0 Å². The smallest absolute Gasteiger partial charge is 0.269 e. The number of hydrogen-bond acceptors (Lipinski definition) is 3. The summed E-state index contributed by atoms with van der Waals surface area (Å²) >= 11 is 0. The number of rotatable bonds is 4. The van der Waals surface area contributed by atoms with Gasteiger partial charge in [-0.05, 0) is 6.92 Å². The van der Waals surface area contributed by atoms with E-state index in [1.54, 1.807) is 31.2 Å². The fourth-order valence-corrected chi connectivity index (χ4v) is 1.21. The van der Waals surface area contributed by atoms with Crippen LogP contribution >= 0.6 is 0 Å². The first-order valence-corrected chi connectivity index (χ1v) is 4.39. The second kappa shape index (κ2) is 4.21. The van der Waals surface area contributed by atoms with Crippen LogP contribution in [0.4, 0.5) is 0 Å². The monoisotopic (exact) mass is 194 g/mol. The molecular weight excluding hydrogens is 180 g/mol. The summed E-state index contributed by atoms with van der Waals surface area (Å²) in [6.45, 7) is 2.09. The highest BCUT2D eigenvalue weighted by Gasteiger charge is 2.34. The number of benzene rings is 1. The standard InChI is InChI=1S/C10H14N2O2/c1-2-14-10(12,9(11)13)8-6-4-3-5-7-8/h3-7H,2,12H2,1H3,(H2,11,13). The zero-order valence-corrected chi connectivity index (χ0v) is 8.07. The molecule has 1 amide bonds. The lowest BCUT2D eigenvalue weighted by Gasteiger charge is -2.25. The van der Waals surface area contributed by atoms with Crippen molar-refractivity contribution in [3.63, 3.8) is 0 Å². The second-order valence-corrected chi connectivity index (χ2v) is 2.90. The van der Waals surface area contributed by atoms with Gasteiger partial charge in [0.15, 0.2) is 0 Å². The maximum absolute atomic E-state index is 11.2. The highest BCUT2D eigenvalue weighted by atomic mass is 16.5. The third kappa shape index (κ3) is 1.92. The van der Waals surface area contributed by atoms with Crippen molar-refractivity contribution in [3.05, 3.63) is 35.9 Å². The molecule has 0 spiro atoms. The van der Waals surface area contributed by atoms with E-state index in [-0.39, 0.29) is 0 Å². The number of hydrogen-bond donors (Lipinski definition) is 2. The largest absolute Gasteiger partial charge is 0.366 e. The molecule has 0 bridgehead atoms. The molecule has 0 aliphatic rings. The zero-order valence-electron chi connectivity index (χ0n) is 8.07. The van der Waals surface area contributed by atoms with Gasteiger partial charge in [0, 0.05) is 12.2 Å². The van der Waals surface area contributed by atoms with E-state index in [1.807, 2.05) is 6.07 Å². The molecule has 1 rings (SSSR count). The van der Waals surface area contributed by atoms with Gasteiger partial charge in [-0.1, -0.05) is 30.3 Å². The topological polar surface area (TPSA) is 78.3 Å². The minimum Gasteiger partial charge on any atom is -0.366 e. The molecule has 1 atom stereocenters. The minimum atomic E-state index is -1.52.